The molecule has 1 nitrogen and oxygen atoms in total. The Kier molecular flexibility index (Phi) is 6.90. The van der Waals surface area contributed by atoms with Crippen LogP contribution < -0.4 is 0 Å². The van der Waals surface area contributed by atoms with Crippen molar-refractivity contribution in [3.63, 3.8) is 0 Å². The smallest absolute Gasteiger partial charge is 0.108 e. The average molecular weight is 408 g/mol. The van der Waals surface area contributed by atoms with Gasteiger partial charge in [-0.3, -0.25) is 0 Å². The molecule has 118 valence electrons. The molecule has 2 aromatic carbocycles. The molecular weight excluding hydrogens is 383 g/mol. The lowest BCUT2D eigenvalue weighted by Gasteiger charge is -2.24. The lowest BCUT2D eigenvalue weighted by molar-refractivity contribution is 0.0934. The first-order chi connectivity index (χ1) is 10.7. The molecule has 0 saturated carbocycles. The zero-order valence-corrected chi connectivity index (χ0v) is 15.8. The fourth-order valence-corrected chi connectivity index (χ4v) is 3.15. The number of halogens is 1. The monoisotopic (exact) mass is 408 g/mol. The molecule has 0 bridgehead atoms. The molecule has 2 aromatic rings. The van der Waals surface area contributed by atoms with E-state index in [1.54, 1.807) is 0 Å². The predicted octanol–water partition coefficient (Wildman–Crippen LogP) is 5.91. The van der Waals surface area contributed by atoms with Crippen molar-refractivity contribution >= 4 is 22.6 Å². The van der Waals surface area contributed by atoms with Crippen molar-refractivity contribution in [2.45, 2.75) is 39.2 Å². The standard InChI is InChI=1S/C20H25IO/c1-4-16-9-5-6-11-18(16)20(22-14-13-21)19-12-8-7-10-17(19)15(2)3/h5-12,15,20H,4,13-14H2,1-3H3/t20-/m1/s1. The summed E-state index contributed by atoms with van der Waals surface area (Å²) >= 11 is 2.37. The highest BCUT2D eigenvalue weighted by Gasteiger charge is 2.21. The van der Waals surface area contributed by atoms with Gasteiger partial charge in [0.25, 0.3) is 0 Å². The lowest BCUT2D eigenvalue weighted by Crippen LogP contribution is -2.13. The van der Waals surface area contributed by atoms with Crippen LogP contribution in [0, 0.1) is 0 Å². The van der Waals surface area contributed by atoms with Crippen LogP contribution in [0.5, 0.6) is 0 Å². The topological polar surface area (TPSA) is 9.23 Å². The fourth-order valence-electron chi connectivity index (χ4n) is 2.90. The van der Waals surface area contributed by atoms with Gasteiger partial charge < -0.3 is 4.74 Å². The van der Waals surface area contributed by atoms with Gasteiger partial charge in [-0.2, -0.15) is 0 Å². The minimum absolute atomic E-state index is 0.0320. The highest BCUT2D eigenvalue weighted by molar-refractivity contribution is 14.1. The van der Waals surface area contributed by atoms with Crippen molar-refractivity contribution in [2.24, 2.45) is 0 Å². The third kappa shape index (κ3) is 4.11. The molecule has 0 heterocycles. The van der Waals surface area contributed by atoms with Crippen LogP contribution in [0.3, 0.4) is 0 Å². The molecule has 0 fully saturated rings. The minimum atomic E-state index is 0.0320. The van der Waals surface area contributed by atoms with Crippen molar-refractivity contribution < 1.29 is 4.74 Å². The van der Waals surface area contributed by atoms with Gasteiger partial charge in [0.05, 0.1) is 6.61 Å². The molecule has 0 amide bonds. The van der Waals surface area contributed by atoms with Gasteiger partial charge in [0.2, 0.25) is 0 Å². The molecule has 2 heteroatoms. The second-order valence-electron chi connectivity index (χ2n) is 5.78. The molecule has 0 N–H and O–H groups in total. The maximum absolute atomic E-state index is 6.29. The van der Waals surface area contributed by atoms with Crippen LogP contribution in [0.2, 0.25) is 0 Å². The van der Waals surface area contributed by atoms with Gasteiger partial charge in [-0.05, 0) is 34.6 Å². The van der Waals surface area contributed by atoms with Crippen molar-refractivity contribution in [2.75, 3.05) is 11.0 Å². The molecule has 0 spiro atoms. The number of rotatable bonds is 7. The van der Waals surface area contributed by atoms with Gasteiger partial charge in [-0.15, -0.1) is 0 Å². The summed E-state index contributed by atoms with van der Waals surface area (Å²) in [5.41, 5.74) is 5.37. The van der Waals surface area contributed by atoms with Crippen LogP contribution in [-0.4, -0.2) is 11.0 Å². The summed E-state index contributed by atoms with van der Waals surface area (Å²) < 4.78 is 7.30. The second-order valence-corrected chi connectivity index (χ2v) is 6.85. The van der Waals surface area contributed by atoms with E-state index in [1.165, 1.54) is 22.3 Å². The van der Waals surface area contributed by atoms with E-state index in [-0.39, 0.29) is 6.10 Å². The number of hydrogen-bond donors (Lipinski definition) is 0. The number of alkyl halides is 1. The second kappa shape index (κ2) is 8.68. The number of benzene rings is 2. The van der Waals surface area contributed by atoms with Crippen LogP contribution >= 0.6 is 22.6 Å². The maximum atomic E-state index is 6.29. The first-order valence-corrected chi connectivity index (χ1v) is 9.55. The largest absolute Gasteiger partial charge is 0.368 e. The molecule has 22 heavy (non-hydrogen) atoms. The summed E-state index contributed by atoms with van der Waals surface area (Å²) in [6.07, 6.45) is 1.06. The molecule has 0 aliphatic rings. The van der Waals surface area contributed by atoms with E-state index in [1.807, 2.05) is 0 Å². The van der Waals surface area contributed by atoms with Crippen molar-refractivity contribution in [1.29, 1.82) is 0 Å². The van der Waals surface area contributed by atoms with E-state index < -0.39 is 0 Å². The zero-order valence-electron chi connectivity index (χ0n) is 13.7. The molecule has 0 aliphatic heterocycles. The van der Waals surface area contributed by atoms with Gasteiger partial charge in [-0.1, -0.05) is 91.9 Å². The molecule has 1 atom stereocenters. The summed E-state index contributed by atoms with van der Waals surface area (Å²) in [6, 6.07) is 17.4. The van der Waals surface area contributed by atoms with E-state index in [4.69, 9.17) is 4.74 Å². The van der Waals surface area contributed by atoms with E-state index >= 15 is 0 Å². The molecule has 0 radical (unpaired) electrons. The van der Waals surface area contributed by atoms with Gasteiger partial charge in [-0.25, -0.2) is 0 Å². The highest BCUT2D eigenvalue weighted by atomic mass is 127. The summed E-state index contributed by atoms with van der Waals surface area (Å²) in [5.74, 6) is 0.496. The van der Waals surface area contributed by atoms with Gasteiger partial charge in [0, 0.05) is 4.43 Å². The molecule has 2 rings (SSSR count). The Morgan fingerprint density at radius 2 is 1.50 bits per heavy atom. The maximum Gasteiger partial charge on any atom is 0.108 e. The van der Waals surface area contributed by atoms with Crippen LogP contribution in [0.1, 0.15) is 55.0 Å². The summed E-state index contributed by atoms with van der Waals surface area (Å²) in [6.45, 7) is 7.48. The quantitative estimate of drug-likeness (QED) is 0.409. The third-order valence-corrected chi connectivity index (χ3v) is 4.42. The Labute approximate surface area is 148 Å². The van der Waals surface area contributed by atoms with Crippen molar-refractivity contribution in [1.82, 2.24) is 0 Å². The van der Waals surface area contributed by atoms with Gasteiger partial charge in [0.15, 0.2) is 0 Å². The van der Waals surface area contributed by atoms with Crippen LogP contribution in [0.4, 0.5) is 0 Å². The molecular formula is C20H25IO. The van der Waals surface area contributed by atoms with E-state index in [0.717, 1.165) is 17.5 Å². The summed E-state index contributed by atoms with van der Waals surface area (Å²) in [4.78, 5) is 0. The van der Waals surface area contributed by atoms with E-state index in [2.05, 4.69) is 91.9 Å². The van der Waals surface area contributed by atoms with Crippen molar-refractivity contribution in [3.05, 3.63) is 70.8 Å². The fraction of sp³-hybridized carbons (Fsp3) is 0.400. The zero-order chi connectivity index (χ0) is 15.9. The molecule has 0 aromatic heterocycles. The van der Waals surface area contributed by atoms with Crippen LogP contribution in [-0.2, 0) is 11.2 Å². The van der Waals surface area contributed by atoms with E-state index in [9.17, 15) is 0 Å². The van der Waals surface area contributed by atoms with Gasteiger partial charge in [0.1, 0.15) is 6.10 Å². The normalized spacial score (nSPS) is 12.6. The lowest BCUT2D eigenvalue weighted by atomic mass is 9.89. The van der Waals surface area contributed by atoms with Gasteiger partial charge >= 0.3 is 0 Å². The first kappa shape index (κ1) is 17.5. The average Bonchev–Trinajstić information content (AvgIpc) is 2.56. The number of hydrogen-bond acceptors (Lipinski definition) is 1. The molecule has 0 saturated heterocycles. The first-order valence-electron chi connectivity index (χ1n) is 8.03. The third-order valence-electron chi connectivity index (χ3n) is 3.98. The Morgan fingerprint density at radius 3 is 2.09 bits per heavy atom. The Hall–Kier alpha value is -0.870. The SMILES string of the molecule is CCc1ccccc1[C@@H](OCCI)c1ccccc1C(C)C. The van der Waals surface area contributed by atoms with E-state index in [0.29, 0.717) is 5.92 Å². The predicted molar refractivity (Wildman–Crippen MR) is 103 cm³/mol. The minimum Gasteiger partial charge on any atom is -0.368 e. The van der Waals surface area contributed by atoms with Crippen molar-refractivity contribution in [3.8, 4) is 0 Å². The Morgan fingerprint density at radius 1 is 0.909 bits per heavy atom. The summed E-state index contributed by atoms with van der Waals surface area (Å²) in [7, 11) is 0. The van der Waals surface area contributed by atoms with Crippen LogP contribution in [0.15, 0.2) is 48.5 Å². The number of ether oxygens (including phenoxy) is 1. The number of aryl methyl sites for hydroxylation is 1. The Bertz CT molecular complexity index is 592. The molecule has 0 aliphatic carbocycles. The molecule has 0 unspecified atom stereocenters. The highest BCUT2D eigenvalue weighted by Crippen LogP contribution is 2.34. The summed E-state index contributed by atoms with van der Waals surface area (Å²) in [5, 5.41) is 0. The Balaban J connectivity index is 2.51. The van der Waals surface area contributed by atoms with Crippen LogP contribution in [0.25, 0.3) is 0 Å².